The van der Waals surface area contributed by atoms with E-state index in [1.54, 1.807) is 0 Å². The Labute approximate surface area is 66.6 Å². The predicted molar refractivity (Wildman–Crippen MR) is 33.0 cm³/mol. The van der Waals surface area contributed by atoms with Crippen LogP contribution >= 0.6 is 0 Å². The molecule has 12 heavy (non-hydrogen) atoms. The average molecular weight is 183 g/mol. The van der Waals surface area contributed by atoms with Crippen molar-refractivity contribution in [1.29, 1.82) is 0 Å². The van der Waals surface area contributed by atoms with E-state index in [2.05, 4.69) is 0 Å². The van der Waals surface area contributed by atoms with Gasteiger partial charge in [-0.2, -0.15) is 13.2 Å². The van der Waals surface area contributed by atoms with Crippen LogP contribution in [0.2, 0.25) is 0 Å². The van der Waals surface area contributed by atoms with Gasteiger partial charge in [-0.15, -0.1) is 0 Å². The fraction of sp³-hybridized carbons (Fsp3) is 0.833. The molecule has 0 spiro atoms. The molecule has 0 aliphatic heterocycles. The van der Waals surface area contributed by atoms with E-state index in [1.165, 1.54) is 0 Å². The van der Waals surface area contributed by atoms with E-state index in [0.717, 1.165) is 0 Å². The first-order valence-corrected chi connectivity index (χ1v) is 3.41. The van der Waals surface area contributed by atoms with E-state index >= 15 is 0 Å². The lowest BCUT2D eigenvalue weighted by Gasteiger charge is -2.11. The minimum atomic E-state index is -4.50. The molecule has 0 aromatic heterocycles. The summed E-state index contributed by atoms with van der Waals surface area (Å²) in [4.78, 5) is 10.5. The summed E-state index contributed by atoms with van der Waals surface area (Å²) in [5.41, 5.74) is -1.36. The zero-order valence-electron chi connectivity index (χ0n) is 6.11. The first-order valence-electron chi connectivity index (χ1n) is 3.41. The van der Waals surface area contributed by atoms with Gasteiger partial charge in [0.05, 0.1) is 0 Å². The molecule has 0 bridgehead atoms. The highest BCUT2D eigenvalue weighted by Gasteiger charge is 2.43. The summed E-state index contributed by atoms with van der Waals surface area (Å²) in [6.07, 6.45) is -5.38. The minimum Gasteiger partial charge on any atom is -0.371 e. The Morgan fingerprint density at radius 3 is 2.33 bits per heavy atom. The van der Waals surface area contributed by atoms with Gasteiger partial charge in [0.25, 0.3) is 0 Å². The number of hydrogen-bond donors (Lipinski definition) is 2. The Morgan fingerprint density at radius 1 is 1.50 bits per heavy atom. The molecule has 0 radical (unpaired) electrons. The van der Waals surface area contributed by atoms with E-state index in [9.17, 15) is 18.0 Å². The number of amides is 1. The topological polar surface area (TPSA) is 49.3 Å². The van der Waals surface area contributed by atoms with Gasteiger partial charge >= 0.3 is 6.18 Å². The largest absolute Gasteiger partial charge is 0.397 e. The normalized spacial score (nSPS) is 20.3. The molecule has 0 aromatic carbocycles. The van der Waals surface area contributed by atoms with Crippen molar-refractivity contribution in [3.63, 3.8) is 0 Å². The summed E-state index contributed by atoms with van der Waals surface area (Å²) in [6.45, 7) is 0. The van der Waals surface area contributed by atoms with Crippen LogP contribution in [-0.2, 0) is 4.79 Å². The van der Waals surface area contributed by atoms with Gasteiger partial charge in [-0.25, -0.2) is 0 Å². The van der Waals surface area contributed by atoms with Crippen LogP contribution in [0.5, 0.6) is 0 Å². The van der Waals surface area contributed by atoms with Gasteiger partial charge in [0.15, 0.2) is 0 Å². The molecule has 1 rings (SSSR count). The molecule has 0 saturated heterocycles. The summed E-state index contributed by atoms with van der Waals surface area (Å²) in [6, 6.07) is 0. The molecule has 1 fully saturated rings. The SMILES string of the molecule is O=C(CC(F)(F)F)NC1(O)CC1. The number of halogens is 3. The summed E-state index contributed by atoms with van der Waals surface area (Å²) in [7, 11) is 0. The fourth-order valence-electron chi connectivity index (χ4n) is 0.729. The van der Waals surface area contributed by atoms with Gasteiger partial charge in [-0.05, 0) is 12.8 Å². The maximum absolute atomic E-state index is 11.6. The highest BCUT2D eigenvalue weighted by Crippen LogP contribution is 2.32. The molecule has 2 N–H and O–H groups in total. The van der Waals surface area contributed by atoms with Crippen molar-refractivity contribution in [2.24, 2.45) is 0 Å². The molecule has 6 heteroatoms. The third-order valence-electron chi connectivity index (χ3n) is 1.46. The second-order valence-corrected chi connectivity index (χ2v) is 2.87. The number of carbonyl (C=O) groups excluding carboxylic acids is 1. The second kappa shape index (κ2) is 2.62. The van der Waals surface area contributed by atoms with Crippen molar-refractivity contribution in [2.45, 2.75) is 31.2 Å². The van der Waals surface area contributed by atoms with Crippen LogP contribution in [0.4, 0.5) is 13.2 Å². The molecule has 1 saturated carbocycles. The van der Waals surface area contributed by atoms with Crippen molar-refractivity contribution in [3.8, 4) is 0 Å². The smallest absolute Gasteiger partial charge is 0.371 e. The number of carbonyl (C=O) groups is 1. The molecule has 0 atom stereocenters. The lowest BCUT2D eigenvalue weighted by Crippen LogP contribution is -2.38. The first-order chi connectivity index (χ1) is 5.31. The third kappa shape index (κ3) is 3.08. The van der Waals surface area contributed by atoms with Crippen LogP contribution in [0, 0.1) is 0 Å². The van der Waals surface area contributed by atoms with Gasteiger partial charge < -0.3 is 10.4 Å². The summed E-state index contributed by atoms with van der Waals surface area (Å²) >= 11 is 0. The quantitative estimate of drug-likeness (QED) is 0.614. The summed E-state index contributed by atoms with van der Waals surface area (Å²) in [5.74, 6) is -1.18. The number of hydrogen-bond acceptors (Lipinski definition) is 2. The van der Waals surface area contributed by atoms with Crippen LogP contribution in [-0.4, -0.2) is 22.9 Å². The zero-order valence-corrected chi connectivity index (χ0v) is 6.11. The van der Waals surface area contributed by atoms with E-state index < -0.39 is 24.2 Å². The molecule has 0 aromatic rings. The predicted octanol–water partition coefficient (Wildman–Crippen LogP) is 0.537. The van der Waals surface area contributed by atoms with Crippen LogP contribution in [0.15, 0.2) is 0 Å². The summed E-state index contributed by atoms with van der Waals surface area (Å²) < 4.78 is 34.7. The summed E-state index contributed by atoms with van der Waals surface area (Å²) in [5, 5.41) is 10.9. The van der Waals surface area contributed by atoms with Crippen molar-refractivity contribution in [1.82, 2.24) is 5.32 Å². The zero-order chi connectivity index (χ0) is 9.41. The monoisotopic (exact) mass is 183 g/mol. The fourth-order valence-corrected chi connectivity index (χ4v) is 0.729. The van der Waals surface area contributed by atoms with Gasteiger partial charge in [-0.1, -0.05) is 0 Å². The molecular weight excluding hydrogens is 175 g/mol. The Morgan fingerprint density at radius 2 is 2.00 bits per heavy atom. The van der Waals surface area contributed by atoms with E-state index in [4.69, 9.17) is 5.11 Å². The Kier molecular flexibility index (Phi) is 2.03. The average Bonchev–Trinajstić information content (AvgIpc) is 2.40. The molecule has 1 aliphatic rings. The van der Waals surface area contributed by atoms with Crippen LogP contribution in [0.25, 0.3) is 0 Å². The number of nitrogens with one attached hydrogen (secondary N) is 1. The highest BCUT2D eigenvalue weighted by atomic mass is 19.4. The minimum absolute atomic E-state index is 0.330. The van der Waals surface area contributed by atoms with Gasteiger partial charge in [-0.3, -0.25) is 4.79 Å². The molecule has 3 nitrogen and oxygen atoms in total. The van der Waals surface area contributed by atoms with Crippen LogP contribution < -0.4 is 5.32 Å². The number of aliphatic hydroxyl groups is 1. The third-order valence-corrected chi connectivity index (χ3v) is 1.46. The molecule has 1 aliphatic carbocycles. The standard InChI is InChI=1S/C6H8F3NO2/c7-6(8,9)3-4(11)10-5(12)1-2-5/h12H,1-3H2,(H,10,11). The molecule has 0 unspecified atom stereocenters. The Hall–Kier alpha value is -0.780. The van der Waals surface area contributed by atoms with Crippen LogP contribution in [0.3, 0.4) is 0 Å². The van der Waals surface area contributed by atoms with E-state index in [-0.39, 0.29) is 0 Å². The molecule has 1 amide bonds. The lowest BCUT2D eigenvalue weighted by atomic mass is 10.4. The molecular formula is C6H8F3NO2. The maximum atomic E-state index is 11.6. The number of rotatable bonds is 2. The first kappa shape index (κ1) is 9.31. The van der Waals surface area contributed by atoms with Crippen molar-refractivity contribution in [3.05, 3.63) is 0 Å². The van der Waals surface area contributed by atoms with Crippen molar-refractivity contribution >= 4 is 5.91 Å². The lowest BCUT2D eigenvalue weighted by molar-refractivity contribution is -0.156. The Bertz CT molecular complexity index is 188. The van der Waals surface area contributed by atoms with E-state index in [1.807, 2.05) is 5.32 Å². The maximum Gasteiger partial charge on any atom is 0.397 e. The van der Waals surface area contributed by atoms with Gasteiger partial charge in [0.1, 0.15) is 12.1 Å². The second-order valence-electron chi connectivity index (χ2n) is 2.87. The van der Waals surface area contributed by atoms with Crippen LogP contribution in [0.1, 0.15) is 19.3 Å². The van der Waals surface area contributed by atoms with Gasteiger partial charge in [0, 0.05) is 0 Å². The van der Waals surface area contributed by atoms with Gasteiger partial charge in [0.2, 0.25) is 5.91 Å². The highest BCUT2D eigenvalue weighted by molar-refractivity contribution is 5.77. The van der Waals surface area contributed by atoms with Crippen molar-refractivity contribution < 1.29 is 23.1 Å². The molecule has 70 valence electrons. The van der Waals surface area contributed by atoms with E-state index in [0.29, 0.717) is 12.8 Å². The Balaban J connectivity index is 2.30. The van der Waals surface area contributed by atoms with Crippen molar-refractivity contribution in [2.75, 3.05) is 0 Å². The molecule has 0 heterocycles. The number of alkyl halides is 3.